The highest BCUT2D eigenvalue weighted by molar-refractivity contribution is 9.10. The van der Waals surface area contributed by atoms with E-state index in [2.05, 4.69) is 111 Å². The number of benzene rings is 3. The van der Waals surface area contributed by atoms with Gasteiger partial charge >= 0.3 is 0 Å². The summed E-state index contributed by atoms with van der Waals surface area (Å²) in [5, 5.41) is 3.20. The average molecular weight is 514 g/mol. The number of aryl methyl sites for hydroxylation is 1. The second-order valence-corrected chi connectivity index (χ2v) is 9.95. The lowest BCUT2D eigenvalue weighted by Crippen LogP contribution is -2.36. The number of carbonyl (C=O) groups excluding carboxylic acids is 1. The van der Waals surface area contributed by atoms with Crippen molar-refractivity contribution in [3.05, 3.63) is 101 Å². The highest BCUT2D eigenvalue weighted by Crippen LogP contribution is 2.34. The number of amides is 1. The molecule has 0 radical (unpaired) electrons. The molecule has 3 aromatic carbocycles. The number of para-hydroxylation sites is 1. The Balaban J connectivity index is 1.56. The number of likely N-dealkylation sites (N-methyl/N-ethyl adjacent to an activating group) is 1. The predicted molar refractivity (Wildman–Crippen MR) is 142 cm³/mol. The highest BCUT2D eigenvalue weighted by Gasteiger charge is 2.22. The lowest BCUT2D eigenvalue weighted by molar-refractivity contribution is 0.0938. The number of carbonyl (C=O) groups is 1. The number of nitrogens with one attached hydrogen (secondary N) is 1. The Labute approximate surface area is 209 Å². The zero-order valence-corrected chi connectivity index (χ0v) is 21.0. The molecule has 1 fully saturated rings. The van der Waals surface area contributed by atoms with Gasteiger partial charge in [-0.05, 0) is 86.1 Å². The van der Waals surface area contributed by atoms with E-state index in [1.807, 2.05) is 18.2 Å². The summed E-state index contributed by atoms with van der Waals surface area (Å²) >= 11 is 3.54. The number of hydrogen-bond acceptors (Lipinski definition) is 2. The molecular formula is C29H28BrN3O. The fourth-order valence-corrected chi connectivity index (χ4v) is 4.99. The molecule has 5 heteroatoms. The molecule has 0 saturated carbocycles. The molecule has 1 aromatic heterocycles. The van der Waals surface area contributed by atoms with E-state index < -0.39 is 0 Å². The van der Waals surface area contributed by atoms with Gasteiger partial charge in [-0.3, -0.25) is 4.79 Å². The summed E-state index contributed by atoms with van der Waals surface area (Å²) in [4.78, 5) is 15.3. The Kier molecular flexibility index (Phi) is 6.40. The van der Waals surface area contributed by atoms with E-state index in [0.29, 0.717) is 5.56 Å². The van der Waals surface area contributed by atoms with Crippen molar-refractivity contribution < 1.29 is 4.79 Å². The molecule has 1 amide bonds. The van der Waals surface area contributed by atoms with E-state index in [-0.39, 0.29) is 11.9 Å². The van der Waals surface area contributed by atoms with Crippen LogP contribution in [0.4, 0.5) is 0 Å². The number of hydrogen-bond donors (Lipinski definition) is 1. The molecule has 34 heavy (non-hydrogen) atoms. The molecule has 0 bridgehead atoms. The molecule has 1 N–H and O–H groups in total. The van der Waals surface area contributed by atoms with Crippen LogP contribution in [0.15, 0.2) is 89.4 Å². The minimum Gasteiger partial charge on any atom is -0.348 e. The third-order valence-electron chi connectivity index (χ3n) is 6.52. The van der Waals surface area contributed by atoms with Crippen molar-refractivity contribution in [1.82, 2.24) is 14.8 Å². The quantitative estimate of drug-likeness (QED) is 0.339. The molecule has 1 aliphatic rings. The number of halogens is 1. The smallest absolute Gasteiger partial charge is 0.251 e. The summed E-state index contributed by atoms with van der Waals surface area (Å²) in [6.45, 7) is 4.05. The lowest BCUT2D eigenvalue weighted by Gasteiger charge is -2.17. The molecule has 2 heterocycles. The van der Waals surface area contributed by atoms with E-state index in [0.717, 1.165) is 52.2 Å². The second kappa shape index (κ2) is 9.61. The van der Waals surface area contributed by atoms with Crippen molar-refractivity contribution >= 4 is 21.8 Å². The van der Waals surface area contributed by atoms with Gasteiger partial charge in [0.25, 0.3) is 5.91 Å². The van der Waals surface area contributed by atoms with Crippen LogP contribution in [0.25, 0.3) is 28.2 Å². The summed E-state index contributed by atoms with van der Waals surface area (Å²) in [6, 6.07) is 29.3. The van der Waals surface area contributed by atoms with E-state index in [9.17, 15) is 4.79 Å². The van der Waals surface area contributed by atoms with Crippen LogP contribution in [-0.4, -0.2) is 41.6 Å². The molecule has 0 spiro atoms. The molecular weight excluding hydrogens is 486 g/mol. The third kappa shape index (κ3) is 4.59. The number of aromatic nitrogens is 1. The molecule has 4 nitrogen and oxygen atoms in total. The average Bonchev–Trinajstić information content (AvgIpc) is 3.46. The van der Waals surface area contributed by atoms with Gasteiger partial charge in [0.05, 0.1) is 11.4 Å². The lowest BCUT2D eigenvalue weighted by atomic mass is 10.1. The Morgan fingerprint density at radius 2 is 1.65 bits per heavy atom. The normalized spacial score (nSPS) is 16.0. The molecule has 1 saturated heterocycles. The standard InChI is InChI=1S/C29H28BrN3O/c1-20-6-3-4-9-26(20)33-27(21-10-12-24(30)13-11-21)14-15-28(33)22-7-5-8-23(18-22)29(34)31-25-16-17-32(2)19-25/h3-15,18,25H,16-17,19H2,1-2H3,(H,31,34)/t25-/m0/s1. The first-order valence-corrected chi connectivity index (χ1v) is 12.4. The minimum absolute atomic E-state index is 0.00993. The topological polar surface area (TPSA) is 37.3 Å². The first-order chi connectivity index (χ1) is 16.5. The fourth-order valence-electron chi connectivity index (χ4n) is 4.72. The largest absolute Gasteiger partial charge is 0.348 e. The Morgan fingerprint density at radius 1 is 0.912 bits per heavy atom. The molecule has 0 aliphatic carbocycles. The Morgan fingerprint density at radius 3 is 2.35 bits per heavy atom. The van der Waals surface area contributed by atoms with Crippen LogP contribution in [0.5, 0.6) is 0 Å². The van der Waals surface area contributed by atoms with Gasteiger partial charge in [-0.15, -0.1) is 0 Å². The van der Waals surface area contributed by atoms with E-state index in [1.165, 1.54) is 5.56 Å². The monoisotopic (exact) mass is 513 g/mol. The third-order valence-corrected chi connectivity index (χ3v) is 7.05. The van der Waals surface area contributed by atoms with Gasteiger partial charge in [-0.1, -0.05) is 58.4 Å². The fraction of sp³-hybridized carbons (Fsp3) is 0.207. The molecule has 0 unspecified atom stereocenters. The van der Waals surface area contributed by atoms with Gasteiger partial charge in [-0.25, -0.2) is 0 Å². The Hall–Kier alpha value is -3.15. The van der Waals surface area contributed by atoms with Crippen LogP contribution in [0.2, 0.25) is 0 Å². The molecule has 1 aliphatic heterocycles. The van der Waals surface area contributed by atoms with Crippen LogP contribution in [0.3, 0.4) is 0 Å². The molecule has 172 valence electrons. The van der Waals surface area contributed by atoms with Gasteiger partial charge in [0.1, 0.15) is 0 Å². The van der Waals surface area contributed by atoms with Crippen LogP contribution in [0, 0.1) is 6.92 Å². The SMILES string of the molecule is Cc1ccccc1-n1c(-c2ccc(Br)cc2)ccc1-c1cccc(C(=O)N[C@H]2CCN(C)C2)c1. The van der Waals surface area contributed by atoms with E-state index >= 15 is 0 Å². The van der Waals surface area contributed by atoms with Crippen molar-refractivity contribution in [2.75, 3.05) is 20.1 Å². The molecule has 4 aromatic rings. The maximum Gasteiger partial charge on any atom is 0.251 e. The van der Waals surface area contributed by atoms with Gasteiger partial charge < -0.3 is 14.8 Å². The van der Waals surface area contributed by atoms with Gasteiger partial charge in [0, 0.05) is 28.3 Å². The van der Waals surface area contributed by atoms with Gasteiger partial charge in [-0.2, -0.15) is 0 Å². The van der Waals surface area contributed by atoms with Gasteiger partial charge in [0.15, 0.2) is 0 Å². The van der Waals surface area contributed by atoms with Crippen LogP contribution in [0.1, 0.15) is 22.3 Å². The number of nitrogens with zero attached hydrogens (tertiary/aromatic N) is 2. The van der Waals surface area contributed by atoms with E-state index in [1.54, 1.807) is 0 Å². The van der Waals surface area contributed by atoms with Crippen LogP contribution in [-0.2, 0) is 0 Å². The van der Waals surface area contributed by atoms with E-state index in [4.69, 9.17) is 0 Å². The zero-order chi connectivity index (χ0) is 23.7. The van der Waals surface area contributed by atoms with Gasteiger partial charge in [0.2, 0.25) is 0 Å². The van der Waals surface area contributed by atoms with Crippen molar-refractivity contribution in [2.24, 2.45) is 0 Å². The molecule has 5 rings (SSSR count). The maximum absolute atomic E-state index is 13.0. The first kappa shape index (κ1) is 22.6. The highest BCUT2D eigenvalue weighted by atomic mass is 79.9. The summed E-state index contributed by atoms with van der Waals surface area (Å²) in [7, 11) is 2.09. The zero-order valence-electron chi connectivity index (χ0n) is 19.5. The Bertz CT molecular complexity index is 1330. The summed E-state index contributed by atoms with van der Waals surface area (Å²) < 4.78 is 3.35. The molecule has 1 atom stereocenters. The van der Waals surface area contributed by atoms with Crippen molar-refractivity contribution in [1.29, 1.82) is 0 Å². The summed E-state index contributed by atoms with van der Waals surface area (Å²) in [5.74, 6) is -0.00993. The van der Waals surface area contributed by atoms with Crippen LogP contribution >= 0.6 is 15.9 Å². The van der Waals surface area contributed by atoms with Crippen LogP contribution < -0.4 is 5.32 Å². The predicted octanol–water partition coefficient (Wildman–Crippen LogP) is 6.32. The second-order valence-electron chi connectivity index (χ2n) is 9.03. The minimum atomic E-state index is -0.00993. The summed E-state index contributed by atoms with van der Waals surface area (Å²) in [6.07, 6.45) is 0.995. The maximum atomic E-state index is 13.0. The number of rotatable bonds is 5. The van der Waals surface area contributed by atoms with Crippen molar-refractivity contribution in [3.8, 4) is 28.2 Å². The first-order valence-electron chi connectivity index (χ1n) is 11.6. The number of likely N-dealkylation sites (tertiary alicyclic amines) is 1. The van der Waals surface area contributed by atoms with Crippen molar-refractivity contribution in [2.45, 2.75) is 19.4 Å². The summed E-state index contributed by atoms with van der Waals surface area (Å²) in [5.41, 5.74) is 7.33. The van der Waals surface area contributed by atoms with Crippen molar-refractivity contribution in [3.63, 3.8) is 0 Å².